The Balaban J connectivity index is 2.99. The molecule has 0 aromatic heterocycles. The van der Waals surface area contributed by atoms with Gasteiger partial charge in [-0.25, -0.2) is 5.84 Å². The molecule has 0 aliphatic carbocycles. The second kappa shape index (κ2) is 7.34. The third-order valence-corrected chi connectivity index (χ3v) is 2.55. The minimum atomic E-state index is -4.78. The van der Waals surface area contributed by atoms with Gasteiger partial charge in [-0.05, 0) is 24.6 Å². The maximum Gasteiger partial charge on any atom is 0.573 e. The number of nitrogens with zero attached hydrogens (tertiary/aromatic N) is 1. The van der Waals surface area contributed by atoms with Crippen LogP contribution in [-0.2, 0) is 0 Å². The Morgan fingerprint density at radius 1 is 1.45 bits per heavy atom. The van der Waals surface area contributed by atoms with Crippen molar-refractivity contribution in [2.24, 2.45) is 10.8 Å². The lowest BCUT2D eigenvalue weighted by Gasteiger charge is -2.15. The molecule has 0 amide bonds. The van der Waals surface area contributed by atoms with Crippen LogP contribution >= 0.6 is 15.9 Å². The highest BCUT2D eigenvalue weighted by molar-refractivity contribution is 9.10. The predicted octanol–water partition coefficient (Wildman–Crippen LogP) is 2.99. The van der Waals surface area contributed by atoms with Gasteiger partial charge in [0.25, 0.3) is 0 Å². The zero-order chi connectivity index (χ0) is 15.2. The van der Waals surface area contributed by atoms with E-state index >= 15 is 0 Å². The number of alkyl halides is 3. The summed E-state index contributed by atoms with van der Waals surface area (Å²) in [7, 11) is 0. The Morgan fingerprint density at radius 2 is 2.15 bits per heavy atom. The van der Waals surface area contributed by atoms with Crippen LogP contribution in [0.5, 0.6) is 5.75 Å². The van der Waals surface area contributed by atoms with Crippen molar-refractivity contribution < 1.29 is 17.9 Å². The third kappa shape index (κ3) is 5.66. The van der Waals surface area contributed by atoms with Crippen molar-refractivity contribution in [1.82, 2.24) is 5.43 Å². The molecule has 0 fully saturated rings. The van der Waals surface area contributed by atoms with E-state index in [0.717, 1.165) is 6.42 Å². The molecule has 0 bridgehead atoms. The zero-order valence-electron chi connectivity index (χ0n) is 10.6. The van der Waals surface area contributed by atoms with Gasteiger partial charge in [-0.1, -0.05) is 22.9 Å². The van der Waals surface area contributed by atoms with Crippen LogP contribution in [0.1, 0.15) is 13.3 Å². The summed E-state index contributed by atoms with van der Waals surface area (Å²) in [6.07, 6.45) is -4.01. The zero-order valence-corrected chi connectivity index (χ0v) is 12.2. The van der Waals surface area contributed by atoms with Crippen LogP contribution < -0.4 is 21.3 Å². The second-order valence-corrected chi connectivity index (χ2v) is 4.60. The highest BCUT2D eigenvalue weighted by Crippen LogP contribution is 2.32. The van der Waals surface area contributed by atoms with Gasteiger partial charge in [0.05, 0.1) is 5.69 Å². The van der Waals surface area contributed by atoms with E-state index in [1.807, 2.05) is 6.92 Å². The number of benzene rings is 1. The SMILES string of the molecule is CCCN=C(NN)Nc1ccc(Br)cc1OC(F)(F)F. The van der Waals surface area contributed by atoms with E-state index in [1.165, 1.54) is 12.1 Å². The first-order chi connectivity index (χ1) is 9.35. The minimum absolute atomic E-state index is 0.0957. The Labute approximate surface area is 122 Å². The number of hydrogen-bond donors (Lipinski definition) is 3. The van der Waals surface area contributed by atoms with Crippen LogP contribution in [0.15, 0.2) is 27.7 Å². The topological polar surface area (TPSA) is 71.7 Å². The van der Waals surface area contributed by atoms with Crippen molar-refractivity contribution >= 4 is 27.6 Å². The molecule has 0 radical (unpaired) electrons. The van der Waals surface area contributed by atoms with Crippen LogP contribution in [0.3, 0.4) is 0 Å². The standard InChI is InChI=1S/C11H14BrF3N4O/c1-2-5-17-10(19-16)18-8-4-3-7(12)6-9(8)20-11(13,14)15/h3-4,6H,2,5,16H2,1H3,(H2,17,18,19). The molecule has 0 saturated carbocycles. The maximum atomic E-state index is 12.3. The number of hydrogen-bond acceptors (Lipinski definition) is 3. The summed E-state index contributed by atoms with van der Waals surface area (Å²) in [4.78, 5) is 4.04. The van der Waals surface area contributed by atoms with Gasteiger partial charge in [-0.15, -0.1) is 13.2 Å². The lowest BCUT2D eigenvalue weighted by Crippen LogP contribution is -2.36. The molecule has 1 aromatic carbocycles. The van der Waals surface area contributed by atoms with Crippen LogP contribution in [-0.4, -0.2) is 18.9 Å². The fraction of sp³-hybridized carbons (Fsp3) is 0.364. The van der Waals surface area contributed by atoms with E-state index in [4.69, 9.17) is 5.84 Å². The number of rotatable bonds is 4. The van der Waals surface area contributed by atoms with Gasteiger partial charge >= 0.3 is 6.36 Å². The van der Waals surface area contributed by atoms with Crippen LogP contribution in [0.2, 0.25) is 0 Å². The molecule has 0 atom stereocenters. The molecule has 20 heavy (non-hydrogen) atoms. The number of nitrogens with one attached hydrogen (secondary N) is 2. The quantitative estimate of drug-likeness (QED) is 0.336. The van der Waals surface area contributed by atoms with Crippen LogP contribution in [0, 0.1) is 0 Å². The van der Waals surface area contributed by atoms with Gasteiger partial charge < -0.3 is 10.1 Å². The number of halogens is 4. The summed E-state index contributed by atoms with van der Waals surface area (Å²) in [5.74, 6) is 5.02. The molecule has 1 rings (SSSR count). The number of guanidine groups is 1. The molecule has 0 spiro atoms. The van der Waals surface area contributed by atoms with Gasteiger partial charge in [-0.3, -0.25) is 10.4 Å². The summed E-state index contributed by atoms with van der Waals surface area (Å²) in [6.45, 7) is 2.40. The summed E-state index contributed by atoms with van der Waals surface area (Å²) in [5.41, 5.74) is 2.38. The minimum Gasteiger partial charge on any atom is -0.404 e. The van der Waals surface area contributed by atoms with Crippen LogP contribution in [0.4, 0.5) is 18.9 Å². The third-order valence-electron chi connectivity index (χ3n) is 2.05. The molecule has 112 valence electrons. The smallest absolute Gasteiger partial charge is 0.404 e. The number of hydrazine groups is 1. The summed E-state index contributed by atoms with van der Waals surface area (Å²) < 4.78 is 41.4. The Bertz CT molecular complexity index is 479. The molecular weight excluding hydrogens is 341 g/mol. The molecule has 0 aliphatic heterocycles. The largest absolute Gasteiger partial charge is 0.573 e. The monoisotopic (exact) mass is 354 g/mol. The van der Waals surface area contributed by atoms with Crippen LogP contribution in [0.25, 0.3) is 0 Å². The average molecular weight is 355 g/mol. The first-order valence-corrected chi connectivity index (χ1v) is 6.48. The first-order valence-electron chi connectivity index (χ1n) is 5.69. The average Bonchev–Trinajstić information content (AvgIpc) is 2.35. The molecular formula is C11H14BrF3N4O. The predicted molar refractivity (Wildman–Crippen MR) is 74.4 cm³/mol. The lowest BCUT2D eigenvalue weighted by atomic mass is 10.3. The molecule has 5 nitrogen and oxygen atoms in total. The Morgan fingerprint density at radius 3 is 2.70 bits per heavy atom. The van der Waals surface area contributed by atoms with E-state index in [-0.39, 0.29) is 17.4 Å². The van der Waals surface area contributed by atoms with Crippen molar-refractivity contribution in [3.05, 3.63) is 22.7 Å². The van der Waals surface area contributed by atoms with Crippen molar-refractivity contribution in [1.29, 1.82) is 0 Å². The molecule has 0 heterocycles. The molecule has 4 N–H and O–H groups in total. The van der Waals surface area contributed by atoms with Gasteiger partial charge in [0.1, 0.15) is 0 Å². The van der Waals surface area contributed by atoms with Gasteiger partial charge in [-0.2, -0.15) is 0 Å². The van der Waals surface area contributed by atoms with E-state index in [1.54, 1.807) is 6.07 Å². The molecule has 1 aromatic rings. The number of aliphatic imine (C=N–C) groups is 1. The molecule has 0 aliphatic rings. The fourth-order valence-corrected chi connectivity index (χ4v) is 1.62. The number of anilines is 1. The number of nitrogens with two attached hydrogens (primary N) is 1. The lowest BCUT2D eigenvalue weighted by molar-refractivity contribution is -0.274. The van der Waals surface area contributed by atoms with Crippen molar-refractivity contribution in [2.75, 3.05) is 11.9 Å². The van der Waals surface area contributed by atoms with E-state index < -0.39 is 6.36 Å². The Kier molecular flexibility index (Phi) is 6.08. The normalized spacial score (nSPS) is 12.2. The van der Waals surface area contributed by atoms with E-state index in [2.05, 4.69) is 36.4 Å². The summed E-state index contributed by atoms with van der Waals surface area (Å²) in [6, 6.07) is 4.19. The summed E-state index contributed by atoms with van der Waals surface area (Å²) in [5, 5.41) is 2.65. The molecule has 9 heteroatoms. The fourth-order valence-electron chi connectivity index (χ4n) is 1.28. The van der Waals surface area contributed by atoms with Gasteiger partial charge in [0, 0.05) is 11.0 Å². The highest BCUT2D eigenvalue weighted by Gasteiger charge is 2.32. The van der Waals surface area contributed by atoms with Crippen molar-refractivity contribution in [2.45, 2.75) is 19.7 Å². The second-order valence-electron chi connectivity index (χ2n) is 3.69. The highest BCUT2D eigenvalue weighted by atomic mass is 79.9. The molecule has 0 saturated heterocycles. The van der Waals surface area contributed by atoms with E-state index in [0.29, 0.717) is 11.0 Å². The van der Waals surface area contributed by atoms with Crippen molar-refractivity contribution in [3.63, 3.8) is 0 Å². The number of ether oxygens (including phenoxy) is 1. The molecule has 0 unspecified atom stereocenters. The first kappa shape index (κ1) is 16.6. The van der Waals surface area contributed by atoms with Gasteiger partial charge in [0.2, 0.25) is 5.96 Å². The summed E-state index contributed by atoms with van der Waals surface area (Å²) >= 11 is 3.08. The van der Waals surface area contributed by atoms with Crippen molar-refractivity contribution in [3.8, 4) is 5.75 Å². The Hall–Kier alpha value is -1.48. The van der Waals surface area contributed by atoms with E-state index in [9.17, 15) is 13.2 Å². The maximum absolute atomic E-state index is 12.3. The van der Waals surface area contributed by atoms with Gasteiger partial charge in [0.15, 0.2) is 5.75 Å².